The highest BCUT2D eigenvalue weighted by atomic mass is 28.4. The summed E-state index contributed by atoms with van der Waals surface area (Å²) in [5.74, 6) is 0.366. The van der Waals surface area contributed by atoms with Crippen LogP contribution in [-0.2, 0) is 9.16 Å². The second-order valence-corrected chi connectivity index (χ2v) is 23.4. The van der Waals surface area contributed by atoms with Gasteiger partial charge in [-0.05, 0) is 108 Å². The average Bonchev–Trinajstić information content (AvgIpc) is 3.73. The number of methoxy groups -OCH3 is 2. The van der Waals surface area contributed by atoms with Gasteiger partial charge in [0, 0.05) is 54.0 Å². The van der Waals surface area contributed by atoms with Gasteiger partial charge < -0.3 is 39.0 Å². The summed E-state index contributed by atoms with van der Waals surface area (Å²) in [5, 5.41) is 12.8. The second kappa shape index (κ2) is 19.8. The van der Waals surface area contributed by atoms with Crippen molar-refractivity contribution < 1.29 is 47.6 Å². The Kier molecular flexibility index (Phi) is 15.9. The van der Waals surface area contributed by atoms with Gasteiger partial charge in [0.15, 0.2) is 42.9 Å². The summed E-state index contributed by atoms with van der Waals surface area (Å²) in [5.41, 5.74) is 8.91. The predicted octanol–water partition coefficient (Wildman–Crippen LogP) is 9.81. The van der Waals surface area contributed by atoms with Gasteiger partial charge in [-0.2, -0.15) is 0 Å². The molecule has 4 N–H and O–H groups in total. The topological polar surface area (TPSA) is 165 Å². The third-order valence-corrected chi connectivity index (χ3v) is 16.2. The van der Waals surface area contributed by atoms with Gasteiger partial charge in [0.1, 0.15) is 5.60 Å². The lowest BCUT2D eigenvalue weighted by Gasteiger charge is -2.37. The van der Waals surface area contributed by atoms with E-state index in [2.05, 4.69) is 52.3 Å². The van der Waals surface area contributed by atoms with E-state index in [0.29, 0.717) is 86.2 Å². The number of anilines is 2. The molecule has 12 nitrogen and oxygen atoms in total. The number of aliphatic hydroxyl groups excluding tert-OH is 1. The van der Waals surface area contributed by atoms with Crippen LogP contribution in [0.1, 0.15) is 107 Å². The van der Waals surface area contributed by atoms with Gasteiger partial charge in [-0.1, -0.05) is 45.1 Å². The number of aliphatic hydroxyl groups is 1. The van der Waals surface area contributed by atoms with E-state index in [4.69, 9.17) is 33.8 Å². The molecular formula is C46H68N2O10Si. The number of Topliss-reactive ketones (excluding diaryl/α,β-unsaturated/α-hetero) is 2. The SMILES string of the molecule is C=C1CC(C(=O)c2cc(OC)c(OCCCCCOc3cc(NC(=O)OC(C)(C)C)c(C(=O)C4CC(=C)C[C@H]4CO)cc3OC)cc2N)[C@H](CO[Si](C)(C)C(C)(C)C)C1. The Labute approximate surface area is 352 Å². The van der Waals surface area contributed by atoms with Crippen molar-refractivity contribution in [3.8, 4) is 23.0 Å². The number of benzene rings is 2. The molecule has 0 aliphatic heterocycles. The largest absolute Gasteiger partial charge is 0.493 e. The maximum atomic E-state index is 13.9. The van der Waals surface area contributed by atoms with Gasteiger partial charge in [0.25, 0.3) is 0 Å². The molecule has 2 aliphatic carbocycles. The van der Waals surface area contributed by atoms with E-state index in [9.17, 15) is 19.5 Å². The van der Waals surface area contributed by atoms with Gasteiger partial charge in [-0.3, -0.25) is 14.9 Å². The van der Waals surface area contributed by atoms with Crippen molar-refractivity contribution in [3.05, 3.63) is 59.7 Å². The van der Waals surface area contributed by atoms with Crippen LogP contribution < -0.4 is 30.0 Å². The molecule has 0 heterocycles. The lowest BCUT2D eigenvalue weighted by atomic mass is 9.88. The third kappa shape index (κ3) is 12.4. The molecule has 1 amide bonds. The molecule has 0 saturated heterocycles. The van der Waals surface area contributed by atoms with Gasteiger partial charge in [-0.25, -0.2) is 4.79 Å². The molecule has 4 atom stereocenters. The quantitative estimate of drug-likeness (QED) is 0.0406. The number of amides is 1. The fourth-order valence-electron chi connectivity index (χ4n) is 7.42. The maximum absolute atomic E-state index is 13.9. The van der Waals surface area contributed by atoms with Crippen LogP contribution in [0.5, 0.6) is 23.0 Å². The number of ether oxygens (including phenoxy) is 5. The highest BCUT2D eigenvalue weighted by Crippen LogP contribution is 2.44. The number of carbonyl (C=O) groups is 3. The third-order valence-electron chi connectivity index (χ3n) is 11.7. The van der Waals surface area contributed by atoms with E-state index in [1.807, 2.05) is 0 Å². The van der Waals surface area contributed by atoms with Crippen LogP contribution in [0.15, 0.2) is 48.6 Å². The van der Waals surface area contributed by atoms with E-state index in [1.54, 1.807) is 52.1 Å². The number of allylic oxidation sites excluding steroid dienone is 2. The minimum Gasteiger partial charge on any atom is -0.493 e. The number of rotatable bonds is 19. The molecule has 4 rings (SSSR count). The van der Waals surface area contributed by atoms with Gasteiger partial charge in [-0.15, -0.1) is 0 Å². The summed E-state index contributed by atoms with van der Waals surface area (Å²) in [4.78, 5) is 40.7. The molecule has 2 aromatic rings. The van der Waals surface area contributed by atoms with Crippen LogP contribution >= 0.6 is 0 Å². The van der Waals surface area contributed by atoms with Crippen LogP contribution in [0, 0.1) is 23.7 Å². The molecule has 13 heteroatoms. The first-order valence-corrected chi connectivity index (χ1v) is 23.6. The van der Waals surface area contributed by atoms with E-state index < -0.39 is 25.9 Å². The number of hydrogen-bond donors (Lipinski definition) is 3. The first-order valence-electron chi connectivity index (χ1n) is 20.7. The normalized spacial score (nSPS) is 19.7. The number of ketones is 2. The number of unbranched alkanes of at least 4 members (excludes halogenated alkanes) is 2. The van der Waals surface area contributed by atoms with Crippen LogP contribution in [0.3, 0.4) is 0 Å². The van der Waals surface area contributed by atoms with E-state index in [0.717, 1.165) is 24.0 Å². The van der Waals surface area contributed by atoms with Crippen molar-refractivity contribution in [2.24, 2.45) is 23.7 Å². The zero-order chi connectivity index (χ0) is 43.9. The highest BCUT2D eigenvalue weighted by Gasteiger charge is 2.42. The number of carbonyl (C=O) groups excluding carboxylic acids is 3. The molecule has 0 aromatic heterocycles. The number of nitrogen functional groups attached to an aromatic ring is 1. The first kappa shape index (κ1) is 47.3. The molecule has 2 fully saturated rings. The van der Waals surface area contributed by atoms with Crippen molar-refractivity contribution >= 4 is 37.4 Å². The average molecular weight is 837 g/mol. The minimum atomic E-state index is -1.99. The minimum absolute atomic E-state index is 0.0316. The number of hydrogen-bond acceptors (Lipinski definition) is 11. The number of nitrogens with one attached hydrogen (secondary N) is 1. The Hall–Kier alpha value is -4.33. The van der Waals surface area contributed by atoms with E-state index in [1.165, 1.54) is 7.11 Å². The fraction of sp³-hybridized carbons (Fsp3) is 0.587. The van der Waals surface area contributed by atoms with Gasteiger partial charge in [0.05, 0.1) is 33.1 Å². The van der Waals surface area contributed by atoms with E-state index in [-0.39, 0.29) is 52.2 Å². The summed E-state index contributed by atoms with van der Waals surface area (Å²) in [6.07, 6.45) is 3.79. The molecule has 59 heavy (non-hydrogen) atoms. The van der Waals surface area contributed by atoms with Crippen molar-refractivity contribution in [2.75, 3.05) is 51.7 Å². The van der Waals surface area contributed by atoms with Crippen molar-refractivity contribution in [1.29, 1.82) is 0 Å². The van der Waals surface area contributed by atoms with Crippen molar-refractivity contribution in [1.82, 2.24) is 0 Å². The Bertz CT molecular complexity index is 1860. The molecule has 2 aliphatic rings. The summed E-state index contributed by atoms with van der Waals surface area (Å²) >= 11 is 0. The fourth-order valence-corrected chi connectivity index (χ4v) is 8.48. The molecule has 2 aromatic carbocycles. The number of nitrogens with two attached hydrogens (primary N) is 1. The van der Waals surface area contributed by atoms with Crippen molar-refractivity contribution in [3.63, 3.8) is 0 Å². The van der Waals surface area contributed by atoms with Crippen molar-refractivity contribution in [2.45, 2.75) is 110 Å². The Morgan fingerprint density at radius 1 is 0.763 bits per heavy atom. The molecule has 0 radical (unpaired) electrons. The lowest BCUT2D eigenvalue weighted by molar-refractivity contribution is 0.0635. The zero-order valence-electron chi connectivity index (χ0n) is 37.0. The second-order valence-electron chi connectivity index (χ2n) is 18.6. The summed E-state index contributed by atoms with van der Waals surface area (Å²) in [6.45, 7) is 25.7. The van der Waals surface area contributed by atoms with Gasteiger partial charge in [0.2, 0.25) is 0 Å². The van der Waals surface area contributed by atoms with Gasteiger partial charge >= 0.3 is 6.09 Å². The zero-order valence-corrected chi connectivity index (χ0v) is 38.0. The summed E-state index contributed by atoms with van der Waals surface area (Å²) in [7, 11) is 1.04. The Balaban J connectivity index is 1.36. The summed E-state index contributed by atoms with van der Waals surface area (Å²) in [6, 6.07) is 6.49. The smallest absolute Gasteiger partial charge is 0.412 e. The van der Waals surface area contributed by atoms with Crippen LogP contribution in [-0.4, -0.2) is 77.3 Å². The van der Waals surface area contributed by atoms with Crippen LogP contribution in [0.25, 0.3) is 0 Å². The highest BCUT2D eigenvalue weighted by molar-refractivity contribution is 6.74. The van der Waals surface area contributed by atoms with Crippen LogP contribution in [0.2, 0.25) is 18.1 Å². The van der Waals surface area contributed by atoms with Crippen LogP contribution in [0.4, 0.5) is 16.2 Å². The summed E-state index contributed by atoms with van der Waals surface area (Å²) < 4.78 is 35.5. The lowest BCUT2D eigenvalue weighted by Crippen LogP contribution is -2.42. The predicted molar refractivity (Wildman–Crippen MR) is 235 cm³/mol. The molecule has 0 spiro atoms. The molecule has 2 saturated carbocycles. The van der Waals surface area contributed by atoms with E-state index >= 15 is 0 Å². The molecule has 326 valence electrons. The Morgan fingerprint density at radius 2 is 1.27 bits per heavy atom. The molecule has 0 bridgehead atoms. The monoisotopic (exact) mass is 836 g/mol. The maximum Gasteiger partial charge on any atom is 0.412 e. The molecule has 2 unspecified atom stereocenters. The first-order chi connectivity index (χ1) is 27.6. The molecular weight excluding hydrogens is 769 g/mol. The standard InChI is InChI=1S/C46H68N2O10Si/c1-28-18-30(26-49)32(20-28)43(51)35-23-39(54-10)41(25-37(35)48-44(52)58-45(3,4)5)56-17-15-13-14-16-55-40-24-36(47)34(22-38(40)53-9)42(50)33-21-29(2)19-31(33)27-57-59(11,12)46(6,7)8/h22-25,30-33,49H,1-2,13-21,26-27,47H2,3-12H3,(H,48,52)/t30-,31-,32?,33?/m0/s1. The Morgan fingerprint density at radius 3 is 1.80 bits per heavy atom.